The van der Waals surface area contributed by atoms with Crippen molar-refractivity contribution in [3.8, 4) is 0 Å². The van der Waals surface area contributed by atoms with Crippen LogP contribution in [0.4, 0.5) is 5.69 Å². The number of benzene rings is 1. The third-order valence-electron chi connectivity index (χ3n) is 2.54. The first kappa shape index (κ1) is 10.6. The maximum absolute atomic E-state index is 11.4. The van der Waals surface area contributed by atoms with E-state index in [0.717, 1.165) is 11.3 Å². The Balaban J connectivity index is 2.23. The Morgan fingerprint density at radius 3 is 2.81 bits per heavy atom. The lowest BCUT2D eigenvalue weighted by molar-refractivity contribution is -0.149. The van der Waals surface area contributed by atoms with Crippen LogP contribution in [0.2, 0.25) is 0 Å². The highest BCUT2D eigenvalue weighted by Crippen LogP contribution is 2.18. The van der Waals surface area contributed by atoms with Crippen LogP contribution < -0.4 is 10.6 Å². The Morgan fingerprint density at radius 2 is 2.06 bits per heavy atom. The molecule has 1 heterocycles. The Morgan fingerprint density at radius 1 is 1.31 bits per heavy atom. The number of anilines is 1. The molecule has 1 aliphatic heterocycles. The van der Waals surface area contributed by atoms with E-state index in [2.05, 4.69) is 10.6 Å². The molecule has 0 bridgehead atoms. The van der Waals surface area contributed by atoms with Crippen molar-refractivity contribution < 1.29 is 14.7 Å². The number of nitrogens with one attached hydrogen (secondary N) is 2. The van der Waals surface area contributed by atoms with E-state index in [4.69, 9.17) is 5.11 Å². The standard InChI is InChI=1S/C11H12N2O3/c14-10(11(15)16)9-6-12-5-7-3-1-2-4-8(7)13-9/h1-4,9,12-13H,5-6H2,(H,15,16). The number of carbonyl (C=O) groups excluding carboxylic acids is 1. The molecule has 0 spiro atoms. The molecule has 16 heavy (non-hydrogen) atoms. The van der Waals surface area contributed by atoms with Crippen LogP contribution in [0.15, 0.2) is 24.3 Å². The summed E-state index contributed by atoms with van der Waals surface area (Å²) in [5.74, 6) is -2.22. The first-order valence-electron chi connectivity index (χ1n) is 5.01. The molecule has 1 aliphatic rings. The number of aliphatic carboxylic acids is 1. The SMILES string of the molecule is O=C(O)C(=O)C1CNCc2ccccc2N1. The van der Waals surface area contributed by atoms with Crippen LogP contribution >= 0.6 is 0 Å². The molecular weight excluding hydrogens is 208 g/mol. The van der Waals surface area contributed by atoms with Gasteiger partial charge < -0.3 is 15.7 Å². The van der Waals surface area contributed by atoms with E-state index in [1.807, 2.05) is 24.3 Å². The van der Waals surface area contributed by atoms with Crippen LogP contribution in [0.5, 0.6) is 0 Å². The Bertz CT molecular complexity index is 431. The molecule has 0 fully saturated rings. The minimum atomic E-state index is -1.40. The van der Waals surface area contributed by atoms with Crippen LogP contribution in [-0.4, -0.2) is 29.4 Å². The lowest BCUT2D eigenvalue weighted by Gasteiger charge is -2.14. The summed E-state index contributed by atoms with van der Waals surface area (Å²) in [7, 11) is 0. The summed E-state index contributed by atoms with van der Waals surface area (Å²) >= 11 is 0. The zero-order valence-electron chi connectivity index (χ0n) is 8.56. The van der Waals surface area contributed by atoms with Gasteiger partial charge in [-0.25, -0.2) is 4.79 Å². The highest BCUT2D eigenvalue weighted by atomic mass is 16.4. The average Bonchev–Trinajstić information content (AvgIpc) is 2.49. The molecule has 1 aromatic carbocycles. The highest BCUT2D eigenvalue weighted by Gasteiger charge is 2.26. The van der Waals surface area contributed by atoms with Gasteiger partial charge in [0.05, 0.1) is 0 Å². The first-order chi connectivity index (χ1) is 7.68. The van der Waals surface area contributed by atoms with Crippen molar-refractivity contribution in [2.75, 3.05) is 11.9 Å². The van der Waals surface area contributed by atoms with Gasteiger partial charge in [0, 0.05) is 18.8 Å². The molecule has 0 aromatic heterocycles. The average molecular weight is 220 g/mol. The van der Waals surface area contributed by atoms with E-state index in [0.29, 0.717) is 13.1 Å². The predicted molar refractivity (Wildman–Crippen MR) is 58.2 cm³/mol. The normalized spacial score (nSPS) is 19.1. The van der Waals surface area contributed by atoms with Crippen LogP contribution in [0.25, 0.3) is 0 Å². The fraction of sp³-hybridized carbons (Fsp3) is 0.273. The van der Waals surface area contributed by atoms with Crippen molar-refractivity contribution in [1.82, 2.24) is 5.32 Å². The van der Waals surface area contributed by atoms with Crippen molar-refractivity contribution in [3.63, 3.8) is 0 Å². The van der Waals surface area contributed by atoms with E-state index < -0.39 is 17.8 Å². The topological polar surface area (TPSA) is 78.4 Å². The number of carbonyl (C=O) groups is 2. The van der Waals surface area contributed by atoms with E-state index in [9.17, 15) is 9.59 Å². The summed E-state index contributed by atoms with van der Waals surface area (Å²) in [6.45, 7) is 0.951. The van der Waals surface area contributed by atoms with E-state index >= 15 is 0 Å². The lowest BCUT2D eigenvalue weighted by atomic mass is 10.1. The number of ketones is 1. The van der Waals surface area contributed by atoms with Gasteiger partial charge in [-0.15, -0.1) is 0 Å². The van der Waals surface area contributed by atoms with Crippen LogP contribution in [0.1, 0.15) is 5.56 Å². The molecule has 1 atom stereocenters. The number of Topliss-reactive ketones (excluding diaryl/α,β-unsaturated/α-hetero) is 1. The van der Waals surface area contributed by atoms with Gasteiger partial charge in [0.1, 0.15) is 6.04 Å². The van der Waals surface area contributed by atoms with E-state index in [1.54, 1.807) is 0 Å². The summed E-state index contributed by atoms with van der Waals surface area (Å²) in [5, 5.41) is 14.6. The summed E-state index contributed by atoms with van der Waals surface area (Å²) in [4.78, 5) is 22.0. The highest BCUT2D eigenvalue weighted by molar-refractivity contribution is 6.35. The number of para-hydroxylation sites is 1. The zero-order valence-corrected chi connectivity index (χ0v) is 8.56. The fourth-order valence-corrected chi connectivity index (χ4v) is 1.71. The second kappa shape index (κ2) is 4.32. The van der Waals surface area contributed by atoms with E-state index in [-0.39, 0.29) is 0 Å². The van der Waals surface area contributed by atoms with Crippen LogP contribution in [0.3, 0.4) is 0 Å². The summed E-state index contributed by atoms with van der Waals surface area (Å²) in [5.41, 5.74) is 1.84. The van der Waals surface area contributed by atoms with Gasteiger partial charge in [0.15, 0.2) is 0 Å². The van der Waals surface area contributed by atoms with Gasteiger partial charge >= 0.3 is 5.97 Å². The number of rotatable bonds is 2. The van der Waals surface area contributed by atoms with E-state index in [1.165, 1.54) is 0 Å². The Kier molecular flexibility index (Phi) is 2.87. The van der Waals surface area contributed by atoms with Crippen molar-refractivity contribution >= 4 is 17.4 Å². The Labute approximate surface area is 92.5 Å². The third kappa shape index (κ3) is 2.04. The molecule has 0 aliphatic carbocycles. The quantitative estimate of drug-likeness (QED) is 0.621. The molecule has 1 aromatic rings. The number of hydrogen-bond donors (Lipinski definition) is 3. The molecule has 2 rings (SSSR count). The summed E-state index contributed by atoms with van der Waals surface area (Å²) in [6, 6.07) is 6.81. The molecule has 1 unspecified atom stereocenters. The maximum Gasteiger partial charge on any atom is 0.374 e. The second-order valence-corrected chi connectivity index (χ2v) is 3.65. The van der Waals surface area contributed by atoms with Gasteiger partial charge in [-0.05, 0) is 11.6 Å². The summed E-state index contributed by atoms with van der Waals surface area (Å²) < 4.78 is 0. The van der Waals surface area contributed by atoms with Crippen molar-refractivity contribution in [1.29, 1.82) is 0 Å². The maximum atomic E-state index is 11.4. The minimum Gasteiger partial charge on any atom is -0.475 e. The zero-order chi connectivity index (χ0) is 11.5. The molecule has 0 saturated heterocycles. The van der Waals surface area contributed by atoms with Gasteiger partial charge in [0.2, 0.25) is 0 Å². The molecule has 0 saturated carbocycles. The smallest absolute Gasteiger partial charge is 0.374 e. The predicted octanol–water partition coefficient (Wildman–Crippen LogP) is 0.224. The molecule has 0 amide bonds. The van der Waals surface area contributed by atoms with Gasteiger partial charge in [0.25, 0.3) is 5.78 Å². The lowest BCUT2D eigenvalue weighted by Crippen LogP contribution is -2.40. The molecule has 5 heteroatoms. The number of fused-ring (bicyclic) bond motifs is 1. The number of hydrogen-bond acceptors (Lipinski definition) is 4. The second-order valence-electron chi connectivity index (χ2n) is 3.65. The van der Waals surface area contributed by atoms with Gasteiger partial charge in [-0.2, -0.15) is 0 Å². The first-order valence-corrected chi connectivity index (χ1v) is 5.01. The Hall–Kier alpha value is -1.88. The van der Waals surface area contributed by atoms with Crippen molar-refractivity contribution in [2.24, 2.45) is 0 Å². The minimum absolute atomic E-state index is 0.319. The van der Waals surface area contributed by atoms with Crippen LogP contribution in [0, 0.1) is 0 Å². The monoisotopic (exact) mass is 220 g/mol. The largest absolute Gasteiger partial charge is 0.475 e. The summed E-state index contributed by atoms with van der Waals surface area (Å²) in [6.07, 6.45) is 0. The molecule has 5 nitrogen and oxygen atoms in total. The number of carboxylic acid groups (broad SMARTS) is 1. The fourth-order valence-electron chi connectivity index (χ4n) is 1.71. The van der Waals surface area contributed by atoms with Crippen LogP contribution in [-0.2, 0) is 16.1 Å². The molecule has 84 valence electrons. The van der Waals surface area contributed by atoms with Gasteiger partial charge in [-0.1, -0.05) is 18.2 Å². The molecule has 3 N–H and O–H groups in total. The van der Waals surface area contributed by atoms with Crippen molar-refractivity contribution in [3.05, 3.63) is 29.8 Å². The molecule has 0 radical (unpaired) electrons. The third-order valence-corrected chi connectivity index (χ3v) is 2.54. The van der Waals surface area contributed by atoms with Gasteiger partial charge in [-0.3, -0.25) is 4.79 Å². The number of carboxylic acids is 1. The van der Waals surface area contributed by atoms with Crippen molar-refractivity contribution in [2.45, 2.75) is 12.6 Å². The molecular formula is C11H12N2O3.